The van der Waals surface area contributed by atoms with Gasteiger partial charge >= 0.3 is 0 Å². The lowest BCUT2D eigenvalue weighted by Crippen LogP contribution is -2.03. The fourth-order valence-corrected chi connectivity index (χ4v) is 1.58. The van der Waals surface area contributed by atoms with Gasteiger partial charge in [0.15, 0.2) is 6.29 Å². The Morgan fingerprint density at radius 3 is 2.71 bits per heavy atom. The minimum Gasteiger partial charge on any atom is -0.298 e. The Kier molecular flexibility index (Phi) is 2.70. The largest absolute Gasteiger partial charge is 0.298 e. The van der Waals surface area contributed by atoms with Crippen LogP contribution in [0.5, 0.6) is 0 Å². The molecule has 0 aliphatic rings. The summed E-state index contributed by atoms with van der Waals surface area (Å²) in [6, 6.07) is 6.26. The molecule has 6 nitrogen and oxygen atoms in total. The van der Waals surface area contributed by atoms with Crippen molar-refractivity contribution in [2.45, 2.75) is 6.92 Å². The van der Waals surface area contributed by atoms with Gasteiger partial charge in [0, 0.05) is 6.07 Å². The van der Waals surface area contributed by atoms with Crippen molar-refractivity contribution in [3.8, 4) is 5.69 Å². The molecule has 0 spiro atoms. The van der Waals surface area contributed by atoms with Crippen LogP contribution in [0, 0.1) is 17.0 Å². The summed E-state index contributed by atoms with van der Waals surface area (Å²) in [5, 5.41) is 14.9. The van der Waals surface area contributed by atoms with Crippen LogP contribution in [0.1, 0.15) is 16.1 Å². The minimum absolute atomic E-state index is 0.0452. The van der Waals surface area contributed by atoms with Gasteiger partial charge in [-0.15, -0.1) is 0 Å². The molecule has 0 radical (unpaired) electrons. The van der Waals surface area contributed by atoms with E-state index >= 15 is 0 Å². The number of rotatable bonds is 3. The smallest absolute Gasteiger partial charge is 0.294 e. The number of hydrogen-bond donors (Lipinski definition) is 0. The third-order valence-electron chi connectivity index (χ3n) is 2.48. The molecule has 0 bridgehead atoms. The van der Waals surface area contributed by atoms with Crippen LogP contribution in [0.3, 0.4) is 0 Å². The van der Waals surface area contributed by atoms with E-state index in [0.29, 0.717) is 23.2 Å². The van der Waals surface area contributed by atoms with Crippen molar-refractivity contribution in [3.05, 3.63) is 51.8 Å². The molecule has 0 saturated carbocycles. The molecule has 0 atom stereocenters. The topological polar surface area (TPSA) is 78.0 Å². The first kappa shape index (κ1) is 11.0. The van der Waals surface area contributed by atoms with Gasteiger partial charge in [0.1, 0.15) is 5.69 Å². The first-order valence-corrected chi connectivity index (χ1v) is 4.88. The zero-order chi connectivity index (χ0) is 12.4. The number of carbonyl (C=O) groups is 1. The predicted molar refractivity (Wildman–Crippen MR) is 60.3 cm³/mol. The van der Waals surface area contributed by atoms with Crippen molar-refractivity contribution in [2.75, 3.05) is 0 Å². The summed E-state index contributed by atoms with van der Waals surface area (Å²) in [6.45, 7) is 1.69. The number of nitrogens with zero attached hydrogens (tertiary/aromatic N) is 3. The highest BCUT2D eigenvalue weighted by atomic mass is 16.6. The maximum absolute atomic E-state index is 10.9. The molecule has 0 saturated heterocycles. The number of carbonyl (C=O) groups excluding carboxylic acids is 1. The SMILES string of the molecule is Cc1c(C=O)cnn1-c1ccccc1[N+](=O)[O-]. The second-order valence-corrected chi connectivity index (χ2v) is 3.46. The molecular weight excluding hydrogens is 222 g/mol. The predicted octanol–water partition coefficient (Wildman–Crippen LogP) is 1.90. The highest BCUT2D eigenvalue weighted by Gasteiger charge is 2.17. The number of benzene rings is 1. The van der Waals surface area contributed by atoms with E-state index in [1.807, 2.05) is 0 Å². The summed E-state index contributed by atoms with van der Waals surface area (Å²) in [7, 11) is 0. The molecule has 86 valence electrons. The van der Waals surface area contributed by atoms with Crippen LogP contribution in [0.25, 0.3) is 5.69 Å². The number of nitro benzene ring substituents is 1. The summed E-state index contributed by atoms with van der Waals surface area (Å²) in [6.07, 6.45) is 2.06. The molecule has 0 aliphatic heterocycles. The number of hydrogen-bond acceptors (Lipinski definition) is 4. The molecule has 17 heavy (non-hydrogen) atoms. The molecule has 1 aromatic heterocycles. The zero-order valence-electron chi connectivity index (χ0n) is 9.03. The molecule has 0 unspecified atom stereocenters. The first-order chi connectivity index (χ1) is 8.15. The fourth-order valence-electron chi connectivity index (χ4n) is 1.58. The van der Waals surface area contributed by atoms with E-state index < -0.39 is 4.92 Å². The molecule has 1 aromatic carbocycles. The van der Waals surface area contributed by atoms with Crippen molar-refractivity contribution in [1.29, 1.82) is 0 Å². The highest BCUT2D eigenvalue weighted by molar-refractivity contribution is 5.76. The van der Waals surface area contributed by atoms with Crippen molar-refractivity contribution >= 4 is 12.0 Å². The summed E-state index contributed by atoms with van der Waals surface area (Å²) < 4.78 is 1.39. The van der Waals surface area contributed by atoms with Gasteiger partial charge in [-0.05, 0) is 13.0 Å². The molecule has 1 heterocycles. The quantitative estimate of drug-likeness (QED) is 0.459. The van der Waals surface area contributed by atoms with Gasteiger partial charge in [-0.2, -0.15) is 5.10 Å². The summed E-state index contributed by atoms with van der Waals surface area (Å²) >= 11 is 0. The maximum Gasteiger partial charge on any atom is 0.294 e. The lowest BCUT2D eigenvalue weighted by Gasteiger charge is -2.04. The minimum atomic E-state index is -0.475. The Balaban J connectivity index is 2.64. The second kappa shape index (κ2) is 4.17. The average Bonchev–Trinajstić information content (AvgIpc) is 2.70. The van der Waals surface area contributed by atoms with Crippen LogP contribution >= 0.6 is 0 Å². The van der Waals surface area contributed by atoms with Crippen LogP contribution in [-0.4, -0.2) is 21.0 Å². The van der Waals surface area contributed by atoms with Crippen LogP contribution in [0.15, 0.2) is 30.5 Å². The number of nitro groups is 1. The molecule has 2 rings (SSSR count). The Morgan fingerprint density at radius 2 is 2.12 bits per heavy atom. The number of aldehydes is 1. The molecule has 2 aromatic rings. The van der Waals surface area contributed by atoms with E-state index in [1.165, 1.54) is 16.9 Å². The lowest BCUT2D eigenvalue weighted by atomic mass is 10.2. The maximum atomic E-state index is 10.9. The van der Waals surface area contributed by atoms with Crippen LogP contribution in [0.4, 0.5) is 5.69 Å². The van der Waals surface area contributed by atoms with E-state index in [0.717, 1.165) is 0 Å². The van der Waals surface area contributed by atoms with E-state index in [2.05, 4.69) is 5.10 Å². The fraction of sp³-hybridized carbons (Fsp3) is 0.0909. The van der Waals surface area contributed by atoms with Gasteiger partial charge in [-0.1, -0.05) is 12.1 Å². The van der Waals surface area contributed by atoms with Crippen molar-refractivity contribution in [2.24, 2.45) is 0 Å². The van der Waals surface area contributed by atoms with Gasteiger partial charge in [-0.25, -0.2) is 4.68 Å². The van der Waals surface area contributed by atoms with Crippen LogP contribution < -0.4 is 0 Å². The van der Waals surface area contributed by atoms with Crippen molar-refractivity contribution in [1.82, 2.24) is 9.78 Å². The normalized spacial score (nSPS) is 10.2. The summed E-state index contributed by atoms with van der Waals surface area (Å²) in [5.74, 6) is 0. The van der Waals surface area contributed by atoms with Crippen molar-refractivity contribution in [3.63, 3.8) is 0 Å². The average molecular weight is 231 g/mol. The number of aromatic nitrogens is 2. The van der Waals surface area contributed by atoms with Gasteiger partial charge < -0.3 is 0 Å². The van der Waals surface area contributed by atoms with Gasteiger partial charge in [0.25, 0.3) is 5.69 Å². The Labute approximate surface area is 96.6 Å². The summed E-state index contributed by atoms with van der Waals surface area (Å²) in [4.78, 5) is 21.1. The first-order valence-electron chi connectivity index (χ1n) is 4.88. The van der Waals surface area contributed by atoms with E-state index in [4.69, 9.17) is 0 Å². The zero-order valence-corrected chi connectivity index (χ0v) is 9.03. The highest BCUT2D eigenvalue weighted by Crippen LogP contribution is 2.23. The third-order valence-corrected chi connectivity index (χ3v) is 2.48. The Bertz CT molecular complexity index is 589. The summed E-state index contributed by atoms with van der Waals surface area (Å²) in [5.41, 5.74) is 1.30. The van der Waals surface area contributed by atoms with Gasteiger partial charge in [0.05, 0.1) is 22.4 Å². The second-order valence-electron chi connectivity index (χ2n) is 3.46. The van der Waals surface area contributed by atoms with Gasteiger partial charge in [0.2, 0.25) is 0 Å². The Hall–Kier alpha value is -2.50. The third kappa shape index (κ3) is 1.80. The molecule has 0 amide bonds. The van der Waals surface area contributed by atoms with Crippen molar-refractivity contribution < 1.29 is 9.72 Å². The van der Waals surface area contributed by atoms with E-state index in [-0.39, 0.29) is 5.69 Å². The molecule has 0 fully saturated rings. The van der Waals surface area contributed by atoms with E-state index in [1.54, 1.807) is 25.1 Å². The molecule has 0 N–H and O–H groups in total. The molecular formula is C11H9N3O3. The number of para-hydroxylation sites is 2. The molecule has 0 aliphatic carbocycles. The van der Waals surface area contributed by atoms with Crippen LogP contribution in [-0.2, 0) is 0 Å². The lowest BCUT2D eigenvalue weighted by molar-refractivity contribution is -0.384. The Morgan fingerprint density at radius 1 is 1.41 bits per heavy atom. The van der Waals surface area contributed by atoms with Gasteiger partial charge in [-0.3, -0.25) is 14.9 Å². The standard InChI is InChI=1S/C11H9N3O3/c1-8-9(7-15)6-12-13(8)10-4-2-3-5-11(10)14(16)17/h2-7H,1H3. The monoisotopic (exact) mass is 231 g/mol. The van der Waals surface area contributed by atoms with Crippen LogP contribution in [0.2, 0.25) is 0 Å². The van der Waals surface area contributed by atoms with E-state index in [9.17, 15) is 14.9 Å². The molecule has 6 heteroatoms.